The highest BCUT2D eigenvalue weighted by atomic mass is 79.9. The zero-order valence-electron chi connectivity index (χ0n) is 7.35. The fourth-order valence-corrected chi connectivity index (χ4v) is 2.07. The number of nitrogens with zero attached hydrogens (tertiary/aromatic N) is 4. The van der Waals surface area contributed by atoms with E-state index >= 15 is 0 Å². The molecule has 1 aromatic carbocycles. The minimum absolute atomic E-state index is 0.576. The Bertz CT molecular complexity index is 436. The summed E-state index contributed by atoms with van der Waals surface area (Å²) in [6.07, 6.45) is 0. The molecule has 0 unspecified atom stereocenters. The molecular formula is C9H4Br2N4. The molecule has 74 valence electrons. The number of rotatable bonds is 2. The summed E-state index contributed by atoms with van der Waals surface area (Å²) >= 11 is 6.58. The number of hydrogen-bond donors (Lipinski definition) is 0. The smallest absolute Gasteiger partial charge is 0.195 e. The average molecular weight is 328 g/mol. The Morgan fingerprint density at radius 2 is 1.60 bits per heavy atom. The van der Waals surface area contributed by atoms with Crippen molar-refractivity contribution in [1.82, 2.24) is 0 Å². The highest BCUT2D eigenvalue weighted by Crippen LogP contribution is 2.25. The van der Waals surface area contributed by atoms with E-state index in [4.69, 9.17) is 10.5 Å². The summed E-state index contributed by atoms with van der Waals surface area (Å²) in [5.41, 5.74) is 0.576. The van der Waals surface area contributed by atoms with Gasteiger partial charge in [-0.05, 0) is 18.2 Å². The molecule has 0 atom stereocenters. The lowest BCUT2D eigenvalue weighted by atomic mass is 10.3. The van der Waals surface area contributed by atoms with E-state index in [2.05, 4.69) is 42.1 Å². The van der Waals surface area contributed by atoms with Gasteiger partial charge in [-0.15, -0.1) is 0 Å². The maximum atomic E-state index is 8.47. The summed E-state index contributed by atoms with van der Waals surface area (Å²) in [6.45, 7) is 0. The van der Waals surface area contributed by atoms with Gasteiger partial charge in [0.2, 0.25) is 6.04 Å². The highest BCUT2D eigenvalue weighted by molar-refractivity contribution is 9.11. The quantitative estimate of drug-likeness (QED) is 0.776. The Balaban J connectivity index is 2.91. The second-order valence-electron chi connectivity index (χ2n) is 2.50. The Kier molecular flexibility index (Phi) is 4.41. The average Bonchev–Trinajstić information content (AvgIpc) is 2.18. The van der Waals surface area contributed by atoms with Crippen molar-refractivity contribution in [3.63, 3.8) is 0 Å². The summed E-state index contributed by atoms with van der Waals surface area (Å²) in [5.74, 6) is 0. The van der Waals surface area contributed by atoms with Crippen LogP contribution in [0.3, 0.4) is 0 Å². The molecule has 0 fully saturated rings. The Morgan fingerprint density at radius 1 is 1.07 bits per heavy atom. The van der Waals surface area contributed by atoms with Crippen LogP contribution in [0.15, 0.2) is 37.4 Å². The van der Waals surface area contributed by atoms with Crippen LogP contribution in [-0.2, 0) is 0 Å². The van der Waals surface area contributed by atoms with Crippen LogP contribution in [0.5, 0.6) is 0 Å². The van der Waals surface area contributed by atoms with E-state index in [0.717, 1.165) is 8.95 Å². The molecule has 1 rings (SSSR count). The molecule has 0 amide bonds. The highest BCUT2D eigenvalue weighted by Gasteiger charge is 2.01. The summed E-state index contributed by atoms with van der Waals surface area (Å²) in [6, 6.07) is 7.68. The van der Waals surface area contributed by atoms with Gasteiger partial charge in [-0.25, -0.2) is 0 Å². The van der Waals surface area contributed by atoms with E-state index in [1.807, 2.05) is 6.07 Å². The van der Waals surface area contributed by atoms with Gasteiger partial charge in [-0.3, -0.25) is 0 Å². The third-order valence-electron chi connectivity index (χ3n) is 1.38. The molecule has 6 heteroatoms. The van der Waals surface area contributed by atoms with Crippen LogP contribution in [-0.4, -0.2) is 6.04 Å². The largest absolute Gasteiger partial charge is 0.242 e. The van der Waals surface area contributed by atoms with Crippen molar-refractivity contribution in [1.29, 1.82) is 10.5 Å². The van der Waals surface area contributed by atoms with Crippen molar-refractivity contribution in [2.45, 2.75) is 6.04 Å². The monoisotopic (exact) mass is 326 g/mol. The maximum absolute atomic E-state index is 8.47. The molecule has 0 aliphatic heterocycles. The van der Waals surface area contributed by atoms with Crippen molar-refractivity contribution in [3.8, 4) is 12.1 Å². The first-order valence-electron chi connectivity index (χ1n) is 3.82. The molecule has 0 N–H and O–H groups in total. The summed E-state index contributed by atoms with van der Waals surface area (Å²) in [5, 5.41) is 24.3. The van der Waals surface area contributed by atoms with Crippen LogP contribution < -0.4 is 0 Å². The third-order valence-corrected chi connectivity index (χ3v) is 2.30. The molecule has 15 heavy (non-hydrogen) atoms. The molecule has 0 radical (unpaired) electrons. The fraction of sp³-hybridized carbons (Fsp3) is 0.111. The minimum Gasteiger partial charge on any atom is -0.195 e. The van der Waals surface area contributed by atoms with Gasteiger partial charge in [0.1, 0.15) is 12.1 Å². The van der Waals surface area contributed by atoms with E-state index in [1.165, 1.54) is 0 Å². The minimum atomic E-state index is -1.05. The Labute approximate surface area is 103 Å². The summed E-state index contributed by atoms with van der Waals surface area (Å²) in [7, 11) is 0. The van der Waals surface area contributed by atoms with Crippen molar-refractivity contribution in [3.05, 3.63) is 27.1 Å². The van der Waals surface area contributed by atoms with Crippen LogP contribution in [0, 0.1) is 22.7 Å². The molecule has 0 aliphatic carbocycles. The van der Waals surface area contributed by atoms with Gasteiger partial charge in [0, 0.05) is 8.95 Å². The zero-order valence-corrected chi connectivity index (χ0v) is 10.5. The lowest BCUT2D eigenvalue weighted by molar-refractivity contribution is 0.949. The van der Waals surface area contributed by atoms with Gasteiger partial charge in [0.15, 0.2) is 0 Å². The second-order valence-corrected chi connectivity index (χ2v) is 4.34. The number of nitriles is 2. The van der Waals surface area contributed by atoms with Crippen LogP contribution in [0.1, 0.15) is 0 Å². The van der Waals surface area contributed by atoms with E-state index in [-0.39, 0.29) is 0 Å². The van der Waals surface area contributed by atoms with Gasteiger partial charge in [0.05, 0.1) is 5.69 Å². The SMILES string of the molecule is N#CC(C#N)N=Nc1cc(Br)cc(Br)c1. The van der Waals surface area contributed by atoms with Crippen LogP contribution in [0.25, 0.3) is 0 Å². The van der Waals surface area contributed by atoms with Crippen molar-refractivity contribution in [2.24, 2.45) is 10.2 Å². The number of halogens is 2. The topological polar surface area (TPSA) is 72.3 Å². The molecule has 0 saturated heterocycles. The lowest BCUT2D eigenvalue weighted by Gasteiger charge is -1.96. The molecule has 4 nitrogen and oxygen atoms in total. The Hall–Kier alpha value is -1.24. The number of hydrogen-bond acceptors (Lipinski definition) is 4. The van der Waals surface area contributed by atoms with E-state index < -0.39 is 6.04 Å². The molecule has 0 saturated carbocycles. The van der Waals surface area contributed by atoms with Gasteiger partial charge in [-0.2, -0.15) is 20.8 Å². The number of benzene rings is 1. The van der Waals surface area contributed by atoms with Gasteiger partial charge in [0.25, 0.3) is 0 Å². The normalized spacial score (nSPS) is 10.2. The molecule has 0 heterocycles. The second kappa shape index (κ2) is 5.59. The molecule has 0 aliphatic rings. The van der Waals surface area contributed by atoms with Crippen LogP contribution in [0.2, 0.25) is 0 Å². The summed E-state index contributed by atoms with van der Waals surface area (Å²) < 4.78 is 1.69. The van der Waals surface area contributed by atoms with E-state index in [9.17, 15) is 0 Å². The van der Waals surface area contributed by atoms with Crippen molar-refractivity contribution >= 4 is 37.5 Å². The van der Waals surface area contributed by atoms with Crippen LogP contribution in [0.4, 0.5) is 5.69 Å². The molecule has 0 aromatic heterocycles. The number of azo groups is 1. The Morgan fingerprint density at radius 3 is 2.07 bits per heavy atom. The molecule has 0 bridgehead atoms. The van der Waals surface area contributed by atoms with Gasteiger partial charge >= 0.3 is 0 Å². The van der Waals surface area contributed by atoms with E-state index in [1.54, 1.807) is 24.3 Å². The third kappa shape index (κ3) is 3.78. The summed E-state index contributed by atoms with van der Waals surface area (Å²) in [4.78, 5) is 0. The van der Waals surface area contributed by atoms with Gasteiger partial charge < -0.3 is 0 Å². The van der Waals surface area contributed by atoms with Crippen molar-refractivity contribution < 1.29 is 0 Å². The van der Waals surface area contributed by atoms with Crippen molar-refractivity contribution in [2.75, 3.05) is 0 Å². The first-order chi connectivity index (χ1) is 7.15. The standard InChI is InChI=1S/C9H4Br2N4/c10-6-1-7(11)3-8(2-6)14-15-9(4-12)5-13/h1-3,9H. The fourth-order valence-electron chi connectivity index (χ4n) is 0.802. The first kappa shape index (κ1) is 11.8. The molecule has 1 aromatic rings. The van der Waals surface area contributed by atoms with Gasteiger partial charge in [-0.1, -0.05) is 31.9 Å². The zero-order chi connectivity index (χ0) is 11.3. The molecule has 0 spiro atoms. The van der Waals surface area contributed by atoms with E-state index in [0.29, 0.717) is 5.69 Å². The maximum Gasteiger partial charge on any atom is 0.242 e. The lowest BCUT2D eigenvalue weighted by Crippen LogP contribution is -1.92. The molecular weight excluding hydrogens is 324 g/mol. The predicted molar refractivity (Wildman–Crippen MR) is 61.4 cm³/mol. The predicted octanol–water partition coefficient (Wildman–Crippen LogP) is 3.71. The van der Waals surface area contributed by atoms with Crippen LogP contribution >= 0.6 is 31.9 Å². The first-order valence-corrected chi connectivity index (χ1v) is 5.40.